The molecule has 134 valence electrons. The quantitative estimate of drug-likeness (QED) is 0.688. The van der Waals surface area contributed by atoms with E-state index in [0.717, 1.165) is 31.5 Å². The van der Waals surface area contributed by atoms with Gasteiger partial charge in [0.15, 0.2) is 0 Å². The summed E-state index contributed by atoms with van der Waals surface area (Å²) in [4.78, 5) is 12.3. The predicted molar refractivity (Wildman–Crippen MR) is 93.9 cm³/mol. The highest BCUT2D eigenvalue weighted by molar-refractivity contribution is 7.89. The van der Waals surface area contributed by atoms with Crippen molar-refractivity contribution in [3.8, 4) is 0 Å². The fraction of sp³-hybridized carbons (Fsp3) is 0.588. The van der Waals surface area contributed by atoms with Gasteiger partial charge in [-0.3, -0.25) is 4.79 Å². The zero-order chi connectivity index (χ0) is 17.6. The molecule has 1 aliphatic heterocycles. The third-order valence-corrected chi connectivity index (χ3v) is 5.53. The molecule has 0 bridgehead atoms. The van der Waals surface area contributed by atoms with Gasteiger partial charge in [-0.05, 0) is 49.5 Å². The highest BCUT2D eigenvalue weighted by Gasteiger charge is 2.20. The van der Waals surface area contributed by atoms with Gasteiger partial charge in [0.25, 0.3) is 0 Å². The number of carbonyl (C=O) groups is 1. The highest BCUT2D eigenvalue weighted by atomic mass is 32.2. The van der Waals surface area contributed by atoms with Gasteiger partial charge >= 0.3 is 0 Å². The van der Waals surface area contributed by atoms with Crippen molar-refractivity contribution in [2.75, 3.05) is 19.6 Å². The van der Waals surface area contributed by atoms with E-state index in [2.05, 4.69) is 15.4 Å². The Balaban J connectivity index is 1.88. The molecule has 2 rings (SSSR count). The van der Waals surface area contributed by atoms with E-state index in [1.54, 1.807) is 24.3 Å². The molecular weight excluding hydrogens is 326 g/mol. The molecule has 6 nitrogen and oxygen atoms in total. The topological polar surface area (TPSA) is 87.3 Å². The molecule has 0 aromatic heterocycles. The van der Waals surface area contributed by atoms with Crippen molar-refractivity contribution in [3.63, 3.8) is 0 Å². The van der Waals surface area contributed by atoms with Crippen LogP contribution in [0, 0.1) is 11.8 Å². The molecule has 24 heavy (non-hydrogen) atoms. The molecule has 0 atom stereocenters. The molecule has 1 heterocycles. The largest absolute Gasteiger partial charge is 0.352 e. The van der Waals surface area contributed by atoms with E-state index >= 15 is 0 Å². The van der Waals surface area contributed by atoms with Crippen LogP contribution in [0.3, 0.4) is 0 Å². The summed E-state index contributed by atoms with van der Waals surface area (Å²) in [5, 5.41) is 6.17. The smallest absolute Gasteiger partial charge is 0.240 e. The second-order valence-corrected chi connectivity index (χ2v) is 8.40. The summed E-state index contributed by atoms with van der Waals surface area (Å²) in [6, 6.07) is 6.64. The summed E-state index contributed by atoms with van der Waals surface area (Å²) in [7, 11) is -3.46. The monoisotopic (exact) mass is 353 g/mol. The van der Waals surface area contributed by atoms with E-state index in [9.17, 15) is 13.2 Å². The van der Waals surface area contributed by atoms with E-state index in [4.69, 9.17) is 0 Å². The molecular formula is C17H27N3O3S. The van der Waals surface area contributed by atoms with Crippen molar-refractivity contribution in [1.82, 2.24) is 15.4 Å². The maximum atomic E-state index is 12.1. The van der Waals surface area contributed by atoms with Gasteiger partial charge in [0.2, 0.25) is 15.9 Å². The minimum atomic E-state index is -3.46. The van der Waals surface area contributed by atoms with Crippen molar-refractivity contribution >= 4 is 15.9 Å². The lowest BCUT2D eigenvalue weighted by Gasteiger charge is -2.21. The molecule has 1 fully saturated rings. The second kappa shape index (κ2) is 8.60. The molecule has 1 saturated heterocycles. The lowest BCUT2D eigenvalue weighted by molar-refractivity contribution is -0.125. The van der Waals surface area contributed by atoms with E-state index in [1.807, 2.05) is 13.8 Å². The Bertz CT molecular complexity index is 636. The molecule has 3 N–H and O–H groups in total. The minimum Gasteiger partial charge on any atom is -0.352 e. The van der Waals surface area contributed by atoms with Gasteiger partial charge in [0, 0.05) is 19.0 Å². The number of rotatable bonds is 7. The summed E-state index contributed by atoms with van der Waals surface area (Å²) >= 11 is 0. The van der Waals surface area contributed by atoms with Crippen molar-refractivity contribution in [2.45, 2.75) is 38.1 Å². The van der Waals surface area contributed by atoms with Crippen LogP contribution in [-0.2, 0) is 21.4 Å². The maximum Gasteiger partial charge on any atom is 0.240 e. The van der Waals surface area contributed by atoms with Gasteiger partial charge in [0.05, 0.1) is 4.90 Å². The number of hydrogen-bond donors (Lipinski definition) is 3. The molecule has 1 aromatic carbocycles. The first-order valence-corrected chi connectivity index (χ1v) is 9.94. The zero-order valence-electron chi connectivity index (χ0n) is 14.3. The molecule has 0 spiro atoms. The van der Waals surface area contributed by atoms with Gasteiger partial charge in [-0.15, -0.1) is 0 Å². The van der Waals surface area contributed by atoms with Gasteiger partial charge in [-0.25, -0.2) is 13.1 Å². The van der Waals surface area contributed by atoms with E-state index in [0.29, 0.717) is 13.1 Å². The summed E-state index contributed by atoms with van der Waals surface area (Å²) in [5.74, 6) is 0.405. The Kier molecular flexibility index (Phi) is 6.77. The van der Waals surface area contributed by atoms with Crippen LogP contribution in [0.25, 0.3) is 0 Å². The van der Waals surface area contributed by atoms with Gasteiger partial charge in [-0.2, -0.15) is 0 Å². The summed E-state index contributed by atoms with van der Waals surface area (Å²) in [6.45, 7) is 6.51. The fourth-order valence-corrected chi connectivity index (χ4v) is 3.78. The molecule has 0 radical (unpaired) electrons. The fourth-order valence-electron chi connectivity index (χ4n) is 2.56. The number of nitrogens with one attached hydrogen (secondary N) is 3. The number of piperidine rings is 1. The lowest BCUT2D eigenvalue weighted by Crippen LogP contribution is -2.37. The Morgan fingerprint density at radius 1 is 1.21 bits per heavy atom. The molecule has 0 saturated carbocycles. The van der Waals surface area contributed by atoms with Crippen LogP contribution < -0.4 is 15.4 Å². The average Bonchev–Trinajstić information content (AvgIpc) is 2.59. The Labute approximate surface area is 144 Å². The standard InChI is InChI=1S/C17H27N3O3S/c1-13(2)11-20-24(22,23)16-5-3-14(4-6-16)12-19-17(21)15-7-9-18-10-8-15/h3-6,13,15,18,20H,7-12H2,1-2H3,(H,19,21). The van der Waals surface area contributed by atoms with Crippen molar-refractivity contribution < 1.29 is 13.2 Å². The van der Waals surface area contributed by atoms with Crippen LogP contribution in [0.2, 0.25) is 0 Å². The molecule has 1 aromatic rings. The SMILES string of the molecule is CC(C)CNS(=O)(=O)c1ccc(CNC(=O)C2CCNCC2)cc1. The zero-order valence-corrected chi connectivity index (χ0v) is 15.2. The normalized spacial score (nSPS) is 16.3. The Morgan fingerprint density at radius 2 is 1.83 bits per heavy atom. The highest BCUT2D eigenvalue weighted by Crippen LogP contribution is 2.13. The third kappa shape index (κ3) is 5.58. The van der Waals surface area contributed by atoms with Gasteiger partial charge < -0.3 is 10.6 Å². The first kappa shape index (κ1) is 18.9. The molecule has 7 heteroatoms. The number of sulfonamides is 1. The summed E-state index contributed by atoms with van der Waals surface area (Å²) < 4.78 is 26.9. The van der Waals surface area contributed by atoms with Crippen LogP contribution in [0.1, 0.15) is 32.3 Å². The minimum absolute atomic E-state index is 0.0751. The number of benzene rings is 1. The second-order valence-electron chi connectivity index (χ2n) is 6.63. The Morgan fingerprint density at radius 3 is 2.42 bits per heavy atom. The third-order valence-electron chi connectivity index (χ3n) is 4.09. The predicted octanol–water partition coefficient (Wildman–Crippen LogP) is 1.24. The first-order valence-electron chi connectivity index (χ1n) is 8.45. The van der Waals surface area contributed by atoms with Crippen molar-refractivity contribution in [2.24, 2.45) is 11.8 Å². The molecule has 1 aliphatic rings. The summed E-state index contributed by atoms with van der Waals surface area (Å²) in [5.41, 5.74) is 0.889. The maximum absolute atomic E-state index is 12.1. The number of carbonyl (C=O) groups excluding carboxylic acids is 1. The van der Waals surface area contributed by atoms with Crippen LogP contribution in [0.4, 0.5) is 0 Å². The van der Waals surface area contributed by atoms with E-state index in [-0.39, 0.29) is 22.6 Å². The Hall–Kier alpha value is -1.44. The first-order chi connectivity index (χ1) is 11.4. The van der Waals surface area contributed by atoms with Gasteiger partial charge in [0.1, 0.15) is 0 Å². The number of hydrogen-bond acceptors (Lipinski definition) is 4. The van der Waals surface area contributed by atoms with E-state index < -0.39 is 10.0 Å². The molecule has 0 aliphatic carbocycles. The number of amides is 1. The van der Waals surface area contributed by atoms with Crippen LogP contribution >= 0.6 is 0 Å². The van der Waals surface area contributed by atoms with Crippen LogP contribution in [-0.4, -0.2) is 34.0 Å². The lowest BCUT2D eigenvalue weighted by atomic mass is 9.97. The van der Waals surface area contributed by atoms with Crippen molar-refractivity contribution in [3.05, 3.63) is 29.8 Å². The van der Waals surface area contributed by atoms with Crippen LogP contribution in [0.5, 0.6) is 0 Å². The van der Waals surface area contributed by atoms with Gasteiger partial charge in [-0.1, -0.05) is 26.0 Å². The van der Waals surface area contributed by atoms with Crippen molar-refractivity contribution in [1.29, 1.82) is 0 Å². The average molecular weight is 353 g/mol. The molecule has 1 amide bonds. The van der Waals surface area contributed by atoms with Crippen LogP contribution in [0.15, 0.2) is 29.2 Å². The summed E-state index contributed by atoms with van der Waals surface area (Å²) in [6.07, 6.45) is 1.73. The molecule has 0 unspecified atom stereocenters. The van der Waals surface area contributed by atoms with E-state index in [1.165, 1.54) is 0 Å².